The van der Waals surface area contributed by atoms with Crippen LogP contribution in [0.5, 0.6) is 0 Å². The minimum absolute atomic E-state index is 0.114. The Labute approximate surface area is 72.7 Å². The first kappa shape index (κ1) is 10.3. The maximum absolute atomic E-state index is 6.36. The molecule has 0 amide bonds. The molecule has 0 aromatic carbocycles. The van der Waals surface area contributed by atoms with Crippen LogP contribution in [0.3, 0.4) is 0 Å². The van der Waals surface area contributed by atoms with E-state index in [0.29, 0.717) is 12.5 Å². The van der Waals surface area contributed by atoms with Gasteiger partial charge in [-0.1, -0.05) is 25.7 Å². The highest BCUT2D eigenvalue weighted by molar-refractivity contribution is 5.78. The summed E-state index contributed by atoms with van der Waals surface area (Å²) in [6.07, 6.45) is 0. The molecule has 0 aromatic rings. The highest BCUT2D eigenvalue weighted by atomic mass is 15.3. The minimum Gasteiger partial charge on any atom is -0.364 e. The highest BCUT2D eigenvalue weighted by Crippen LogP contribution is 1.84. The third-order valence-corrected chi connectivity index (χ3v) is 0.906. The average Bonchev–Trinajstić information content (AvgIpc) is 1.98. The smallest absolute Gasteiger partial charge is 0.276 e. The van der Waals surface area contributed by atoms with E-state index in [1.54, 1.807) is 0 Å². The van der Waals surface area contributed by atoms with Crippen molar-refractivity contribution in [2.45, 2.75) is 13.8 Å². The number of hydrogen-bond acceptors (Lipinski definition) is 1. The quantitative estimate of drug-likeness (QED) is 0.193. The fourth-order valence-corrected chi connectivity index (χ4v) is 0.479. The van der Waals surface area contributed by atoms with Crippen LogP contribution in [-0.4, -0.2) is 12.5 Å². The van der Waals surface area contributed by atoms with E-state index in [4.69, 9.17) is 12.3 Å². The molecule has 0 bridgehead atoms. The SMILES string of the molecule is [C-]#[N+]/N=C(\N)NCC#CC(C)C. The first-order valence-corrected chi connectivity index (χ1v) is 3.59. The third-order valence-electron chi connectivity index (χ3n) is 0.906. The summed E-state index contributed by atoms with van der Waals surface area (Å²) in [7, 11) is 0. The molecular formula is C8H12N4. The van der Waals surface area contributed by atoms with E-state index in [9.17, 15) is 0 Å². The molecule has 0 rings (SSSR count). The predicted octanol–water partition coefficient (Wildman–Crippen LogP) is 0.384. The van der Waals surface area contributed by atoms with E-state index < -0.39 is 0 Å². The van der Waals surface area contributed by atoms with Gasteiger partial charge in [-0.3, -0.25) is 0 Å². The molecule has 0 saturated carbocycles. The molecule has 0 spiro atoms. The van der Waals surface area contributed by atoms with Gasteiger partial charge in [-0.05, 0) is 0 Å². The van der Waals surface area contributed by atoms with Gasteiger partial charge < -0.3 is 11.1 Å². The van der Waals surface area contributed by atoms with E-state index in [1.807, 2.05) is 13.8 Å². The maximum Gasteiger partial charge on any atom is 0.276 e. The molecule has 12 heavy (non-hydrogen) atoms. The van der Waals surface area contributed by atoms with Gasteiger partial charge in [0.25, 0.3) is 5.96 Å². The maximum atomic E-state index is 6.36. The average molecular weight is 164 g/mol. The van der Waals surface area contributed by atoms with E-state index >= 15 is 0 Å². The molecule has 0 unspecified atom stereocenters. The van der Waals surface area contributed by atoms with E-state index in [0.717, 1.165) is 0 Å². The molecule has 0 fully saturated rings. The van der Waals surface area contributed by atoms with Gasteiger partial charge >= 0.3 is 0 Å². The summed E-state index contributed by atoms with van der Waals surface area (Å²) in [6.45, 7) is 10.8. The summed E-state index contributed by atoms with van der Waals surface area (Å²) in [5.41, 5.74) is 5.26. The fourth-order valence-electron chi connectivity index (χ4n) is 0.479. The Kier molecular flexibility index (Phi) is 5.21. The molecule has 0 aliphatic carbocycles. The lowest BCUT2D eigenvalue weighted by Gasteiger charge is -1.93. The van der Waals surface area contributed by atoms with Gasteiger partial charge in [0.2, 0.25) is 0 Å². The zero-order valence-electron chi connectivity index (χ0n) is 7.26. The zero-order valence-corrected chi connectivity index (χ0v) is 7.26. The first-order valence-electron chi connectivity index (χ1n) is 3.59. The van der Waals surface area contributed by atoms with Gasteiger partial charge in [0.15, 0.2) is 0 Å². The Morgan fingerprint density at radius 2 is 2.42 bits per heavy atom. The Morgan fingerprint density at radius 3 is 2.92 bits per heavy atom. The van der Waals surface area contributed by atoms with Crippen molar-refractivity contribution in [3.05, 3.63) is 11.5 Å². The lowest BCUT2D eigenvalue weighted by atomic mass is 10.2. The number of nitrogens with one attached hydrogen (secondary N) is 1. The Morgan fingerprint density at radius 1 is 1.75 bits per heavy atom. The van der Waals surface area contributed by atoms with Crippen molar-refractivity contribution in [2.24, 2.45) is 16.8 Å². The van der Waals surface area contributed by atoms with Gasteiger partial charge in [-0.15, -0.1) is 4.95 Å². The number of rotatable bonds is 1. The van der Waals surface area contributed by atoms with Crippen LogP contribution in [0.1, 0.15) is 13.8 Å². The van der Waals surface area contributed by atoms with Crippen LogP contribution in [0.2, 0.25) is 0 Å². The monoisotopic (exact) mass is 164 g/mol. The Hall–Kier alpha value is -1.68. The number of nitrogens with two attached hydrogens (primary N) is 1. The molecule has 0 atom stereocenters. The summed E-state index contributed by atoms with van der Waals surface area (Å²) in [5.74, 6) is 6.26. The van der Waals surface area contributed by atoms with Crippen molar-refractivity contribution in [2.75, 3.05) is 6.54 Å². The van der Waals surface area contributed by atoms with Gasteiger partial charge in [-0.25, -0.2) is 0 Å². The van der Waals surface area contributed by atoms with E-state index in [2.05, 4.69) is 27.2 Å². The number of nitrogens with zero attached hydrogens (tertiary/aromatic N) is 2. The molecule has 0 aliphatic heterocycles. The predicted molar refractivity (Wildman–Crippen MR) is 48.8 cm³/mol. The van der Waals surface area contributed by atoms with Crippen LogP contribution in [0.4, 0.5) is 0 Å². The van der Waals surface area contributed by atoms with Crippen LogP contribution in [-0.2, 0) is 0 Å². The molecule has 4 heteroatoms. The van der Waals surface area contributed by atoms with Crippen LogP contribution in [0.25, 0.3) is 4.95 Å². The lowest BCUT2D eigenvalue weighted by molar-refractivity contribution is 0.863. The fraction of sp³-hybridized carbons (Fsp3) is 0.500. The topological polar surface area (TPSA) is 54.8 Å². The van der Waals surface area contributed by atoms with Crippen molar-refractivity contribution in [1.29, 1.82) is 0 Å². The normalized spacial score (nSPS) is 10.0. The lowest BCUT2D eigenvalue weighted by Crippen LogP contribution is -2.31. The van der Waals surface area contributed by atoms with Crippen molar-refractivity contribution in [3.8, 4) is 11.8 Å². The highest BCUT2D eigenvalue weighted by Gasteiger charge is 1.88. The molecule has 0 saturated heterocycles. The van der Waals surface area contributed by atoms with Crippen LogP contribution in [0.15, 0.2) is 5.10 Å². The second kappa shape index (κ2) is 6.06. The molecule has 0 aromatic heterocycles. The Bertz CT molecular complexity index is 248. The summed E-state index contributed by atoms with van der Waals surface area (Å²) in [6, 6.07) is 0. The van der Waals surface area contributed by atoms with Crippen LogP contribution < -0.4 is 11.1 Å². The van der Waals surface area contributed by atoms with Crippen molar-refractivity contribution in [3.63, 3.8) is 0 Å². The summed E-state index contributed by atoms with van der Waals surface area (Å²) < 4.78 is 0. The van der Waals surface area contributed by atoms with Gasteiger partial charge in [-0.2, -0.15) is 6.57 Å². The van der Waals surface area contributed by atoms with Crippen LogP contribution >= 0.6 is 0 Å². The molecule has 0 aliphatic rings. The van der Waals surface area contributed by atoms with Crippen molar-refractivity contribution >= 4 is 5.96 Å². The standard InChI is InChI=1S/C8H12N4/c1-7(2)5-4-6-11-8(9)12-10-3/h7H,6H2,1-2H3,(H3,9,11,12). The van der Waals surface area contributed by atoms with E-state index in [1.165, 1.54) is 0 Å². The second-order valence-electron chi connectivity index (χ2n) is 2.41. The minimum atomic E-state index is 0.114. The molecule has 4 nitrogen and oxygen atoms in total. The summed E-state index contributed by atoms with van der Waals surface area (Å²) >= 11 is 0. The molecule has 0 heterocycles. The molecule has 0 radical (unpaired) electrons. The van der Waals surface area contributed by atoms with Gasteiger partial charge in [0.1, 0.15) is 5.10 Å². The molecule has 3 N–H and O–H groups in total. The zero-order chi connectivity index (χ0) is 9.40. The molecule has 64 valence electrons. The summed E-state index contributed by atoms with van der Waals surface area (Å²) in [4.78, 5) is 2.75. The largest absolute Gasteiger partial charge is 0.364 e. The molecular weight excluding hydrogens is 152 g/mol. The number of hydrogen-bond donors (Lipinski definition) is 2. The van der Waals surface area contributed by atoms with Gasteiger partial charge in [0.05, 0.1) is 6.54 Å². The second-order valence-corrected chi connectivity index (χ2v) is 2.41. The van der Waals surface area contributed by atoms with Crippen LogP contribution in [0, 0.1) is 24.3 Å². The summed E-state index contributed by atoms with van der Waals surface area (Å²) in [5, 5.41) is 5.93. The van der Waals surface area contributed by atoms with Crippen molar-refractivity contribution < 1.29 is 0 Å². The number of guanidine groups is 1. The van der Waals surface area contributed by atoms with Crippen molar-refractivity contribution in [1.82, 2.24) is 5.32 Å². The van der Waals surface area contributed by atoms with E-state index in [-0.39, 0.29) is 5.96 Å². The third kappa shape index (κ3) is 6.44. The Balaban J connectivity index is 3.67. The van der Waals surface area contributed by atoms with Gasteiger partial charge in [0, 0.05) is 5.92 Å². The first-order chi connectivity index (χ1) is 5.66.